The number of rotatable bonds is 2. The van der Waals surface area contributed by atoms with Crippen molar-refractivity contribution in [2.75, 3.05) is 0 Å². The van der Waals surface area contributed by atoms with E-state index in [9.17, 15) is 0 Å². The van der Waals surface area contributed by atoms with Crippen LogP contribution in [0, 0.1) is 5.92 Å². The SMILES string of the molecule is CCCC1CCCCC1.S. The van der Waals surface area contributed by atoms with E-state index in [2.05, 4.69) is 6.92 Å². The second kappa shape index (κ2) is 6.09. The van der Waals surface area contributed by atoms with E-state index in [1.807, 2.05) is 0 Å². The summed E-state index contributed by atoms with van der Waals surface area (Å²) in [7, 11) is 0. The Bertz CT molecular complexity index is 62.4. The first-order valence-corrected chi connectivity index (χ1v) is 4.43. The van der Waals surface area contributed by atoms with Crippen LogP contribution in [0.5, 0.6) is 0 Å². The normalized spacial score (nSPS) is 20.1. The van der Waals surface area contributed by atoms with Gasteiger partial charge in [-0.3, -0.25) is 0 Å². The van der Waals surface area contributed by atoms with Crippen molar-refractivity contribution in [1.82, 2.24) is 0 Å². The predicted molar refractivity (Wildman–Crippen MR) is 51.9 cm³/mol. The largest absolute Gasteiger partial charge is 0.197 e. The Kier molecular flexibility index (Phi) is 6.30. The minimum atomic E-state index is 0. The van der Waals surface area contributed by atoms with Crippen LogP contribution in [-0.4, -0.2) is 0 Å². The lowest BCUT2D eigenvalue weighted by molar-refractivity contribution is 0.336. The van der Waals surface area contributed by atoms with Crippen LogP contribution >= 0.6 is 13.5 Å². The van der Waals surface area contributed by atoms with Gasteiger partial charge >= 0.3 is 0 Å². The Morgan fingerprint density at radius 2 is 1.70 bits per heavy atom. The summed E-state index contributed by atoms with van der Waals surface area (Å²) in [5.74, 6) is 1.10. The topological polar surface area (TPSA) is 0 Å². The molecule has 0 nitrogen and oxygen atoms in total. The third kappa shape index (κ3) is 3.50. The van der Waals surface area contributed by atoms with Crippen LogP contribution in [0.4, 0.5) is 0 Å². The average molecular weight is 160 g/mol. The van der Waals surface area contributed by atoms with Crippen molar-refractivity contribution in [3.63, 3.8) is 0 Å². The van der Waals surface area contributed by atoms with E-state index in [1.54, 1.807) is 0 Å². The quantitative estimate of drug-likeness (QED) is 0.580. The summed E-state index contributed by atoms with van der Waals surface area (Å²) in [4.78, 5) is 0. The predicted octanol–water partition coefficient (Wildman–Crippen LogP) is 3.48. The van der Waals surface area contributed by atoms with E-state index in [4.69, 9.17) is 0 Å². The van der Waals surface area contributed by atoms with Crippen LogP contribution in [0.2, 0.25) is 0 Å². The van der Waals surface area contributed by atoms with Gasteiger partial charge in [-0.05, 0) is 5.92 Å². The van der Waals surface area contributed by atoms with Crippen LogP contribution < -0.4 is 0 Å². The maximum Gasteiger partial charge on any atom is -0.0414 e. The minimum absolute atomic E-state index is 0. The van der Waals surface area contributed by atoms with Crippen molar-refractivity contribution in [3.05, 3.63) is 0 Å². The van der Waals surface area contributed by atoms with E-state index < -0.39 is 0 Å². The Morgan fingerprint density at radius 1 is 1.10 bits per heavy atom. The molecule has 0 aromatic carbocycles. The summed E-state index contributed by atoms with van der Waals surface area (Å²) >= 11 is 0. The molecule has 0 heterocycles. The van der Waals surface area contributed by atoms with Gasteiger partial charge in [-0.25, -0.2) is 0 Å². The number of hydrogen-bond acceptors (Lipinski definition) is 0. The smallest absolute Gasteiger partial charge is 0.0414 e. The zero-order chi connectivity index (χ0) is 6.53. The molecular weight excluding hydrogens is 140 g/mol. The van der Waals surface area contributed by atoms with Gasteiger partial charge in [0.15, 0.2) is 0 Å². The lowest BCUT2D eigenvalue weighted by atomic mass is 9.86. The van der Waals surface area contributed by atoms with Crippen LogP contribution in [0.3, 0.4) is 0 Å². The monoisotopic (exact) mass is 160 g/mol. The third-order valence-corrected chi connectivity index (χ3v) is 2.42. The first-order chi connectivity index (χ1) is 4.43. The van der Waals surface area contributed by atoms with Crippen molar-refractivity contribution >= 4 is 13.5 Å². The molecule has 1 saturated carbocycles. The van der Waals surface area contributed by atoms with Crippen LogP contribution in [0.15, 0.2) is 0 Å². The van der Waals surface area contributed by atoms with Gasteiger partial charge in [0, 0.05) is 0 Å². The van der Waals surface area contributed by atoms with Crippen molar-refractivity contribution in [2.45, 2.75) is 51.9 Å². The van der Waals surface area contributed by atoms with Crippen LogP contribution in [0.1, 0.15) is 51.9 Å². The van der Waals surface area contributed by atoms with Gasteiger partial charge in [0.2, 0.25) is 0 Å². The molecule has 0 saturated heterocycles. The van der Waals surface area contributed by atoms with Gasteiger partial charge in [0.25, 0.3) is 0 Å². The molecule has 0 unspecified atom stereocenters. The van der Waals surface area contributed by atoms with Gasteiger partial charge < -0.3 is 0 Å². The van der Waals surface area contributed by atoms with Gasteiger partial charge in [-0.1, -0.05) is 51.9 Å². The Hall–Kier alpha value is 0.350. The maximum absolute atomic E-state index is 2.30. The molecule has 1 aliphatic rings. The zero-order valence-corrected chi connectivity index (χ0v) is 8.03. The molecule has 0 aromatic heterocycles. The molecule has 0 aromatic rings. The molecule has 0 amide bonds. The highest BCUT2D eigenvalue weighted by Crippen LogP contribution is 2.26. The molecule has 10 heavy (non-hydrogen) atoms. The molecule has 62 valence electrons. The molecular formula is C9H20S. The lowest BCUT2D eigenvalue weighted by Gasteiger charge is -2.20. The Morgan fingerprint density at radius 3 is 2.20 bits per heavy atom. The summed E-state index contributed by atoms with van der Waals surface area (Å²) in [5.41, 5.74) is 0. The summed E-state index contributed by atoms with van der Waals surface area (Å²) in [6.45, 7) is 2.30. The lowest BCUT2D eigenvalue weighted by Crippen LogP contribution is -2.04. The van der Waals surface area contributed by atoms with Gasteiger partial charge in [-0.15, -0.1) is 0 Å². The third-order valence-electron chi connectivity index (χ3n) is 2.42. The molecule has 0 radical (unpaired) electrons. The summed E-state index contributed by atoms with van der Waals surface area (Å²) in [6, 6.07) is 0. The average Bonchev–Trinajstić information content (AvgIpc) is 1.91. The second-order valence-corrected chi connectivity index (χ2v) is 3.29. The van der Waals surface area contributed by atoms with Crippen LogP contribution in [0.25, 0.3) is 0 Å². The number of hydrogen-bond donors (Lipinski definition) is 0. The fourth-order valence-electron chi connectivity index (χ4n) is 1.88. The first-order valence-electron chi connectivity index (χ1n) is 4.43. The molecule has 0 N–H and O–H groups in total. The van der Waals surface area contributed by atoms with Crippen molar-refractivity contribution < 1.29 is 0 Å². The fourth-order valence-corrected chi connectivity index (χ4v) is 1.88. The van der Waals surface area contributed by atoms with E-state index in [0.29, 0.717) is 0 Å². The highest BCUT2D eigenvalue weighted by atomic mass is 32.1. The van der Waals surface area contributed by atoms with Crippen molar-refractivity contribution in [2.24, 2.45) is 5.92 Å². The molecule has 0 aliphatic heterocycles. The highest BCUT2D eigenvalue weighted by Gasteiger charge is 2.10. The van der Waals surface area contributed by atoms with Crippen molar-refractivity contribution in [3.8, 4) is 0 Å². The standard InChI is InChI=1S/C9H18.H2S/c1-2-6-9-7-4-3-5-8-9;/h9H,2-8H2,1H3;1H2. The molecule has 1 aliphatic carbocycles. The van der Waals surface area contributed by atoms with E-state index >= 15 is 0 Å². The van der Waals surface area contributed by atoms with E-state index in [-0.39, 0.29) is 13.5 Å². The van der Waals surface area contributed by atoms with E-state index in [0.717, 1.165) is 5.92 Å². The highest BCUT2D eigenvalue weighted by molar-refractivity contribution is 7.59. The van der Waals surface area contributed by atoms with Crippen molar-refractivity contribution in [1.29, 1.82) is 0 Å². The summed E-state index contributed by atoms with van der Waals surface area (Å²) in [5, 5.41) is 0. The zero-order valence-electron chi connectivity index (χ0n) is 7.03. The Balaban J connectivity index is 0.000000810. The summed E-state index contributed by atoms with van der Waals surface area (Å²) < 4.78 is 0. The minimum Gasteiger partial charge on any atom is -0.197 e. The van der Waals surface area contributed by atoms with Crippen LogP contribution in [-0.2, 0) is 0 Å². The second-order valence-electron chi connectivity index (χ2n) is 3.29. The van der Waals surface area contributed by atoms with Gasteiger partial charge in [0.05, 0.1) is 0 Å². The van der Waals surface area contributed by atoms with Gasteiger partial charge in [-0.2, -0.15) is 13.5 Å². The fraction of sp³-hybridized carbons (Fsp3) is 1.00. The molecule has 1 rings (SSSR count). The summed E-state index contributed by atoms with van der Waals surface area (Å²) in [6.07, 6.45) is 10.4. The molecule has 0 spiro atoms. The van der Waals surface area contributed by atoms with Gasteiger partial charge in [0.1, 0.15) is 0 Å². The molecule has 1 heteroatoms. The van der Waals surface area contributed by atoms with E-state index in [1.165, 1.54) is 44.9 Å². The molecule has 1 fully saturated rings. The first kappa shape index (κ1) is 10.3. The molecule has 0 bridgehead atoms. The maximum atomic E-state index is 2.30. The Labute approximate surface area is 71.8 Å². The molecule has 0 atom stereocenters.